The maximum atomic E-state index is 13.3. The van der Waals surface area contributed by atoms with Crippen LogP contribution in [-0.2, 0) is 6.54 Å². The molecule has 1 amide bonds. The normalized spacial score (nSPS) is 10.8. The summed E-state index contributed by atoms with van der Waals surface area (Å²) < 4.78 is 13.3. The Labute approximate surface area is 126 Å². The van der Waals surface area contributed by atoms with Crippen LogP contribution in [0.1, 0.15) is 29.1 Å². The summed E-state index contributed by atoms with van der Waals surface area (Å²) in [5.41, 5.74) is 0.0944. The van der Waals surface area contributed by atoms with Gasteiger partial charge in [0.2, 0.25) is 0 Å². The minimum atomic E-state index is -0.572. The number of thiophene rings is 1. The molecule has 20 heavy (non-hydrogen) atoms. The zero-order valence-electron chi connectivity index (χ0n) is 11.1. The van der Waals surface area contributed by atoms with Gasteiger partial charge in [-0.2, -0.15) is 0 Å². The number of halogens is 2. The summed E-state index contributed by atoms with van der Waals surface area (Å²) in [6.07, 6.45) is 0.998. The molecule has 2 rings (SSSR count). The van der Waals surface area contributed by atoms with E-state index in [0.29, 0.717) is 6.54 Å². The van der Waals surface area contributed by atoms with Crippen LogP contribution < -0.4 is 0 Å². The van der Waals surface area contributed by atoms with Gasteiger partial charge in [-0.25, -0.2) is 9.37 Å². The van der Waals surface area contributed by atoms with E-state index in [1.165, 1.54) is 0 Å². The fourth-order valence-corrected chi connectivity index (χ4v) is 2.67. The SMILES string of the molecule is CC(C)N(Cc1cccs1)C(=O)c1cc(F)cnc1Cl. The lowest BCUT2D eigenvalue weighted by Gasteiger charge is -2.26. The number of hydrogen-bond acceptors (Lipinski definition) is 3. The summed E-state index contributed by atoms with van der Waals surface area (Å²) in [6.45, 7) is 4.29. The van der Waals surface area contributed by atoms with Gasteiger partial charge in [-0.05, 0) is 31.4 Å². The van der Waals surface area contributed by atoms with E-state index in [1.54, 1.807) is 16.2 Å². The second-order valence-corrected chi connectivity index (χ2v) is 5.99. The lowest BCUT2D eigenvalue weighted by atomic mass is 10.2. The molecule has 2 aromatic rings. The smallest absolute Gasteiger partial charge is 0.257 e. The number of nitrogens with zero attached hydrogens (tertiary/aromatic N) is 2. The third-order valence-electron chi connectivity index (χ3n) is 2.83. The molecule has 6 heteroatoms. The molecule has 0 atom stereocenters. The molecule has 0 radical (unpaired) electrons. The van der Waals surface area contributed by atoms with Crippen molar-refractivity contribution in [3.8, 4) is 0 Å². The Morgan fingerprint density at radius 3 is 2.90 bits per heavy atom. The van der Waals surface area contributed by atoms with Crippen LogP contribution in [0.5, 0.6) is 0 Å². The van der Waals surface area contributed by atoms with Crippen LogP contribution in [0, 0.1) is 5.82 Å². The zero-order chi connectivity index (χ0) is 14.7. The molecule has 0 unspecified atom stereocenters. The van der Waals surface area contributed by atoms with E-state index in [9.17, 15) is 9.18 Å². The first-order valence-electron chi connectivity index (χ1n) is 6.13. The van der Waals surface area contributed by atoms with Gasteiger partial charge in [-0.3, -0.25) is 4.79 Å². The first kappa shape index (κ1) is 14.9. The molecular weight excluding hydrogens is 299 g/mol. The van der Waals surface area contributed by atoms with E-state index in [0.717, 1.165) is 17.1 Å². The molecule has 0 fully saturated rings. The standard InChI is InChI=1S/C14H14ClFN2OS/c1-9(2)18(8-11-4-3-5-20-11)14(19)12-6-10(16)7-17-13(12)15/h3-7,9H,8H2,1-2H3. The van der Waals surface area contributed by atoms with E-state index in [2.05, 4.69) is 4.98 Å². The second-order valence-electron chi connectivity index (χ2n) is 4.60. The van der Waals surface area contributed by atoms with Crippen LogP contribution in [-0.4, -0.2) is 21.8 Å². The van der Waals surface area contributed by atoms with Crippen molar-refractivity contribution < 1.29 is 9.18 Å². The van der Waals surface area contributed by atoms with Crippen molar-refractivity contribution in [2.45, 2.75) is 26.4 Å². The highest BCUT2D eigenvalue weighted by atomic mass is 35.5. The lowest BCUT2D eigenvalue weighted by molar-refractivity contribution is 0.0691. The van der Waals surface area contributed by atoms with Crippen LogP contribution >= 0.6 is 22.9 Å². The van der Waals surface area contributed by atoms with Gasteiger partial charge in [0.05, 0.1) is 18.3 Å². The molecule has 0 N–H and O–H groups in total. The molecule has 0 saturated heterocycles. The molecule has 0 bridgehead atoms. The topological polar surface area (TPSA) is 33.2 Å². The number of hydrogen-bond donors (Lipinski definition) is 0. The minimum Gasteiger partial charge on any atom is -0.331 e. The third kappa shape index (κ3) is 3.35. The molecule has 0 aromatic carbocycles. The number of rotatable bonds is 4. The predicted molar refractivity (Wildman–Crippen MR) is 78.5 cm³/mol. The maximum absolute atomic E-state index is 13.3. The predicted octanol–water partition coefficient (Wildman–Crippen LogP) is 3.99. The average molecular weight is 313 g/mol. The Bertz CT molecular complexity index is 601. The monoisotopic (exact) mass is 312 g/mol. The third-order valence-corrected chi connectivity index (χ3v) is 3.99. The summed E-state index contributed by atoms with van der Waals surface area (Å²) in [5, 5.41) is 1.97. The van der Waals surface area contributed by atoms with Gasteiger partial charge in [-0.1, -0.05) is 17.7 Å². The molecule has 0 aliphatic heterocycles. The molecule has 2 aromatic heterocycles. The van der Waals surface area contributed by atoms with E-state index in [-0.39, 0.29) is 22.7 Å². The van der Waals surface area contributed by atoms with E-state index in [1.807, 2.05) is 31.4 Å². The summed E-state index contributed by atoms with van der Waals surface area (Å²) in [6, 6.07) is 4.99. The highest BCUT2D eigenvalue weighted by Gasteiger charge is 2.22. The Balaban J connectivity index is 2.29. The van der Waals surface area contributed by atoms with Gasteiger partial charge in [0, 0.05) is 10.9 Å². The van der Waals surface area contributed by atoms with Gasteiger partial charge in [0.1, 0.15) is 11.0 Å². The van der Waals surface area contributed by atoms with Crippen molar-refractivity contribution in [2.75, 3.05) is 0 Å². The molecule has 0 aliphatic rings. The second kappa shape index (κ2) is 6.33. The average Bonchev–Trinajstić information content (AvgIpc) is 2.90. The highest BCUT2D eigenvalue weighted by Crippen LogP contribution is 2.20. The number of carbonyl (C=O) groups excluding carboxylic acids is 1. The van der Waals surface area contributed by atoms with Crippen LogP contribution in [0.4, 0.5) is 4.39 Å². The Kier molecular flexibility index (Phi) is 4.73. The van der Waals surface area contributed by atoms with Crippen molar-refractivity contribution in [1.82, 2.24) is 9.88 Å². The van der Waals surface area contributed by atoms with Crippen LogP contribution in [0.15, 0.2) is 29.8 Å². The molecule has 0 spiro atoms. The largest absolute Gasteiger partial charge is 0.331 e. The highest BCUT2D eigenvalue weighted by molar-refractivity contribution is 7.09. The summed E-state index contributed by atoms with van der Waals surface area (Å²) in [4.78, 5) is 18.9. The lowest BCUT2D eigenvalue weighted by Crippen LogP contribution is -2.36. The number of carbonyl (C=O) groups is 1. The molecule has 3 nitrogen and oxygen atoms in total. The maximum Gasteiger partial charge on any atom is 0.257 e. The Morgan fingerprint density at radius 2 is 2.30 bits per heavy atom. The van der Waals surface area contributed by atoms with Gasteiger partial charge >= 0.3 is 0 Å². The fourth-order valence-electron chi connectivity index (χ4n) is 1.79. The Hall–Kier alpha value is -1.46. The van der Waals surface area contributed by atoms with E-state index >= 15 is 0 Å². The summed E-state index contributed by atoms with van der Waals surface area (Å²) in [7, 11) is 0. The number of amides is 1. The van der Waals surface area contributed by atoms with Gasteiger partial charge in [0.15, 0.2) is 0 Å². The fraction of sp³-hybridized carbons (Fsp3) is 0.286. The van der Waals surface area contributed by atoms with Gasteiger partial charge in [0.25, 0.3) is 5.91 Å². The van der Waals surface area contributed by atoms with Crippen molar-refractivity contribution in [1.29, 1.82) is 0 Å². The van der Waals surface area contributed by atoms with Crippen molar-refractivity contribution >= 4 is 28.8 Å². The van der Waals surface area contributed by atoms with Crippen LogP contribution in [0.25, 0.3) is 0 Å². The quantitative estimate of drug-likeness (QED) is 0.800. The number of pyridine rings is 1. The van der Waals surface area contributed by atoms with Crippen molar-refractivity contribution in [3.05, 3.63) is 51.2 Å². The van der Waals surface area contributed by atoms with Crippen LogP contribution in [0.2, 0.25) is 5.15 Å². The van der Waals surface area contributed by atoms with E-state index in [4.69, 9.17) is 11.6 Å². The van der Waals surface area contributed by atoms with E-state index < -0.39 is 5.82 Å². The summed E-state index contributed by atoms with van der Waals surface area (Å²) >= 11 is 7.47. The molecular formula is C14H14ClFN2OS. The van der Waals surface area contributed by atoms with Crippen molar-refractivity contribution in [2.24, 2.45) is 0 Å². The molecule has 106 valence electrons. The summed E-state index contributed by atoms with van der Waals surface area (Å²) in [5.74, 6) is -0.886. The first-order chi connectivity index (χ1) is 9.49. The first-order valence-corrected chi connectivity index (χ1v) is 7.39. The molecule has 2 heterocycles. The zero-order valence-corrected chi connectivity index (χ0v) is 12.7. The van der Waals surface area contributed by atoms with Crippen LogP contribution in [0.3, 0.4) is 0 Å². The van der Waals surface area contributed by atoms with Gasteiger partial charge in [-0.15, -0.1) is 11.3 Å². The number of aromatic nitrogens is 1. The minimum absolute atomic E-state index is 0.0215. The van der Waals surface area contributed by atoms with Gasteiger partial charge < -0.3 is 4.90 Å². The molecule has 0 saturated carbocycles. The Morgan fingerprint density at radius 1 is 1.55 bits per heavy atom. The van der Waals surface area contributed by atoms with Crippen molar-refractivity contribution in [3.63, 3.8) is 0 Å². The molecule has 0 aliphatic carbocycles.